The Bertz CT molecular complexity index is 295. The average molecular weight is 235 g/mol. The third-order valence-corrected chi connectivity index (χ3v) is 3.42. The van der Waals surface area contributed by atoms with Crippen molar-refractivity contribution in [3.8, 4) is 0 Å². The summed E-state index contributed by atoms with van der Waals surface area (Å²) < 4.78 is 5.85. The van der Waals surface area contributed by atoms with Gasteiger partial charge in [-0.1, -0.05) is 57.0 Å². The second-order valence-corrected chi connectivity index (χ2v) is 4.44. The van der Waals surface area contributed by atoms with E-state index in [1.54, 1.807) is 0 Å². The molecule has 0 aromatic heterocycles. The molecule has 1 rings (SSSR count). The van der Waals surface area contributed by atoms with E-state index in [9.17, 15) is 0 Å². The minimum atomic E-state index is 0.0195. The number of benzene rings is 1. The van der Waals surface area contributed by atoms with Crippen molar-refractivity contribution in [1.29, 1.82) is 0 Å². The standard InChI is InChI=1S/C15H25NO/c1-4-12(5-2)14(16)15(17-6-3)13-10-8-7-9-11-13/h7-12,14-15H,4-6,16H2,1-3H3. The summed E-state index contributed by atoms with van der Waals surface area (Å²) in [5.74, 6) is 0.520. The van der Waals surface area contributed by atoms with Gasteiger partial charge in [-0.3, -0.25) is 0 Å². The number of hydrogen-bond acceptors (Lipinski definition) is 2. The van der Waals surface area contributed by atoms with E-state index in [2.05, 4.69) is 26.0 Å². The Kier molecular flexibility index (Phi) is 6.23. The predicted molar refractivity (Wildman–Crippen MR) is 72.9 cm³/mol. The Morgan fingerprint density at radius 2 is 1.65 bits per heavy atom. The zero-order chi connectivity index (χ0) is 12.7. The molecule has 0 aliphatic rings. The van der Waals surface area contributed by atoms with Crippen molar-refractivity contribution < 1.29 is 4.74 Å². The van der Waals surface area contributed by atoms with Gasteiger partial charge in [0, 0.05) is 12.6 Å². The van der Waals surface area contributed by atoms with E-state index in [0.717, 1.165) is 12.8 Å². The Morgan fingerprint density at radius 1 is 1.06 bits per heavy atom. The first-order valence-electron chi connectivity index (χ1n) is 6.66. The number of rotatable bonds is 7. The first-order valence-corrected chi connectivity index (χ1v) is 6.66. The molecular weight excluding hydrogens is 210 g/mol. The molecule has 17 heavy (non-hydrogen) atoms. The van der Waals surface area contributed by atoms with Gasteiger partial charge in [0.05, 0.1) is 6.10 Å². The molecule has 0 fully saturated rings. The van der Waals surface area contributed by atoms with Crippen LogP contribution >= 0.6 is 0 Å². The van der Waals surface area contributed by atoms with Gasteiger partial charge in [0.25, 0.3) is 0 Å². The molecule has 0 saturated carbocycles. The lowest BCUT2D eigenvalue weighted by molar-refractivity contribution is 0.0266. The van der Waals surface area contributed by atoms with E-state index in [0.29, 0.717) is 12.5 Å². The minimum Gasteiger partial charge on any atom is -0.372 e. The maximum Gasteiger partial charge on any atom is 0.0978 e. The quantitative estimate of drug-likeness (QED) is 0.784. The van der Waals surface area contributed by atoms with Crippen LogP contribution < -0.4 is 5.73 Å². The number of ether oxygens (including phenoxy) is 1. The van der Waals surface area contributed by atoms with E-state index >= 15 is 0 Å². The van der Waals surface area contributed by atoms with Crippen LogP contribution in [0.25, 0.3) is 0 Å². The molecule has 0 spiro atoms. The van der Waals surface area contributed by atoms with Gasteiger partial charge in [-0.2, -0.15) is 0 Å². The van der Waals surface area contributed by atoms with Crippen LogP contribution in [0.4, 0.5) is 0 Å². The highest BCUT2D eigenvalue weighted by atomic mass is 16.5. The van der Waals surface area contributed by atoms with Crippen LogP contribution in [0.3, 0.4) is 0 Å². The number of nitrogens with two attached hydrogens (primary N) is 1. The highest BCUT2D eigenvalue weighted by molar-refractivity contribution is 5.19. The molecule has 0 saturated heterocycles. The van der Waals surface area contributed by atoms with Gasteiger partial charge in [-0.25, -0.2) is 0 Å². The maximum absolute atomic E-state index is 6.38. The van der Waals surface area contributed by atoms with Crippen molar-refractivity contribution in [2.75, 3.05) is 6.61 Å². The second kappa shape index (κ2) is 7.46. The average Bonchev–Trinajstić information content (AvgIpc) is 2.38. The van der Waals surface area contributed by atoms with E-state index < -0.39 is 0 Å². The molecular formula is C15H25NO. The first kappa shape index (κ1) is 14.2. The molecule has 0 heterocycles. The summed E-state index contributed by atoms with van der Waals surface area (Å²) >= 11 is 0. The Balaban J connectivity index is 2.85. The SMILES string of the molecule is CCOC(c1ccccc1)C(N)C(CC)CC. The van der Waals surface area contributed by atoms with Crippen molar-refractivity contribution in [1.82, 2.24) is 0 Å². The largest absolute Gasteiger partial charge is 0.372 e. The van der Waals surface area contributed by atoms with Crippen molar-refractivity contribution in [2.45, 2.75) is 45.8 Å². The summed E-state index contributed by atoms with van der Waals surface area (Å²) in [5.41, 5.74) is 7.56. The lowest BCUT2D eigenvalue weighted by Crippen LogP contribution is -2.37. The third-order valence-electron chi connectivity index (χ3n) is 3.42. The summed E-state index contributed by atoms with van der Waals surface area (Å²) in [6.45, 7) is 7.12. The maximum atomic E-state index is 6.38. The van der Waals surface area contributed by atoms with Crippen LogP contribution in [0, 0.1) is 5.92 Å². The smallest absolute Gasteiger partial charge is 0.0978 e. The third kappa shape index (κ3) is 3.83. The van der Waals surface area contributed by atoms with Gasteiger partial charge in [-0.15, -0.1) is 0 Å². The fourth-order valence-corrected chi connectivity index (χ4v) is 2.33. The van der Waals surface area contributed by atoms with Gasteiger partial charge < -0.3 is 10.5 Å². The second-order valence-electron chi connectivity index (χ2n) is 4.44. The van der Waals surface area contributed by atoms with E-state index in [4.69, 9.17) is 10.5 Å². The Labute approximate surface area is 105 Å². The van der Waals surface area contributed by atoms with Crippen LogP contribution in [0.5, 0.6) is 0 Å². The van der Waals surface area contributed by atoms with Crippen molar-refractivity contribution in [3.63, 3.8) is 0 Å². The molecule has 96 valence electrons. The molecule has 2 heteroatoms. The van der Waals surface area contributed by atoms with Gasteiger partial charge >= 0.3 is 0 Å². The van der Waals surface area contributed by atoms with E-state index in [1.165, 1.54) is 5.56 Å². The summed E-state index contributed by atoms with van der Waals surface area (Å²) in [6.07, 6.45) is 2.23. The van der Waals surface area contributed by atoms with Crippen LogP contribution in [0.2, 0.25) is 0 Å². The molecule has 2 atom stereocenters. The monoisotopic (exact) mass is 235 g/mol. The van der Waals surface area contributed by atoms with Gasteiger partial charge in [0.1, 0.15) is 0 Å². The number of hydrogen-bond donors (Lipinski definition) is 1. The minimum absolute atomic E-state index is 0.0195. The molecule has 2 nitrogen and oxygen atoms in total. The summed E-state index contributed by atoms with van der Waals surface area (Å²) in [6, 6.07) is 10.4. The fraction of sp³-hybridized carbons (Fsp3) is 0.600. The molecule has 0 bridgehead atoms. The normalized spacial score (nSPS) is 14.9. The van der Waals surface area contributed by atoms with Crippen molar-refractivity contribution in [3.05, 3.63) is 35.9 Å². The van der Waals surface area contributed by atoms with Gasteiger partial charge in [0.2, 0.25) is 0 Å². The molecule has 0 amide bonds. The van der Waals surface area contributed by atoms with Crippen LogP contribution in [0.15, 0.2) is 30.3 Å². The Morgan fingerprint density at radius 3 is 2.12 bits per heavy atom. The molecule has 1 aromatic rings. The van der Waals surface area contributed by atoms with E-state index in [-0.39, 0.29) is 12.1 Å². The van der Waals surface area contributed by atoms with Crippen LogP contribution in [0.1, 0.15) is 45.3 Å². The van der Waals surface area contributed by atoms with Gasteiger partial charge in [0.15, 0.2) is 0 Å². The first-order chi connectivity index (χ1) is 8.24. The lowest BCUT2D eigenvalue weighted by atomic mass is 9.88. The molecule has 2 N–H and O–H groups in total. The Hall–Kier alpha value is -0.860. The van der Waals surface area contributed by atoms with E-state index in [1.807, 2.05) is 25.1 Å². The summed E-state index contributed by atoms with van der Waals surface area (Å²) in [7, 11) is 0. The zero-order valence-corrected chi connectivity index (χ0v) is 11.2. The van der Waals surface area contributed by atoms with Crippen molar-refractivity contribution in [2.24, 2.45) is 11.7 Å². The summed E-state index contributed by atoms with van der Waals surface area (Å²) in [5, 5.41) is 0. The highest BCUT2D eigenvalue weighted by Gasteiger charge is 2.25. The lowest BCUT2D eigenvalue weighted by Gasteiger charge is -2.30. The highest BCUT2D eigenvalue weighted by Crippen LogP contribution is 2.27. The topological polar surface area (TPSA) is 35.2 Å². The molecule has 0 aliphatic heterocycles. The molecule has 0 radical (unpaired) electrons. The zero-order valence-electron chi connectivity index (χ0n) is 11.2. The molecule has 2 unspecified atom stereocenters. The predicted octanol–water partition coefficient (Wildman–Crippen LogP) is 3.53. The molecule has 0 aliphatic carbocycles. The van der Waals surface area contributed by atoms with Crippen molar-refractivity contribution >= 4 is 0 Å². The fourth-order valence-electron chi connectivity index (χ4n) is 2.33. The summed E-state index contributed by atoms with van der Waals surface area (Å²) in [4.78, 5) is 0. The van der Waals surface area contributed by atoms with Crippen LogP contribution in [-0.4, -0.2) is 12.6 Å². The molecule has 1 aromatic carbocycles. The van der Waals surface area contributed by atoms with Gasteiger partial charge in [-0.05, 0) is 18.4 Å². The van der Waals surface area contributed by atoms with Crippen LogP contribution in [-0.2, 0) is 4.74 Å².